The van der Waals surface area contributed by atoms with Crippen LogP contribution in [0.5, 0.6) is 11.5 Å². The van der Waals surface area contributed by atoms with Gasteiger partial charge in [0.2, 0.25) is 0 Å². The molecule has 2 rings (SSSR count). The van der Waals surface area contributed by atoms with E-state index in [-0.39, 0.29) is 31.0 Å². The van der Waals surface area contributed by atoms with Crippen molar-refractivity contribution in [2.45, 2.75) is 20.8 Å². The van der Waals surface area contributed by atoms with Gasteiger partial charge >= 0.3 is 11.9 Å². The van der Waals surface area contributed by atoms with E-state index in [4.69, 9.17) is 20.4 Å². The number of benzene rings is 2. The predicted octanol–water partition coefficient (Wildman–Crippen LogP) is 2.35. The number of rotatable bonds is 5. The Morgan fingerprint density at radius 2 is 1.00 bits per heavy atom. The van der Waals surface area contributed by atoms with Crippen LogP contribution >= 0.6 is 0 Å². The van der Waals surface area contributed by atoms with E-state index in [0.717, 1.165) is 0 Å². The molecule has 4 N–H and O–H groups in total. The molecular weight excluding hydrogens is 361 g/mol. The fourth-order valence-electron chi connectivity index (χ4n) is 1.98. The van der Waals surface area contributed by atoms with Gasteiger partial charge in [0.1, 0.15) is 22.6 Å². The molecule has 2 aromatic carbocycles. The largest absolute Gasteiger partial charge is 0.507 e. The molecule has 0 heterocycles. The second kappa shape index (κ2) is 15.1. The Bertz CT molecular complexity index is 658. The molecule has 154 valence electrons. The lowest BCUT2D eigenvalue weighted by atomic mass is 10.2. The monoisotopic (exact) mass is 391 g/mol. The van der Waals surface area contributed by atoms with Crippen molar-refractivity contribution in [2.75, 3.05) is 19.6 Å². The number of phenols is 2. The Balaban J connectivity index is 0. The van der Waals surface area contributed by atoms with Crippen molar-refractivity contribution >= 4 is 20.4 Å². The number of nitrogens with zero attached hydrogens (tertiary/aromatic N) is 1. The second-order valence-electron chi connectivity index (χ2n) is 5.26. The standard InChI is InChI=1S/2C7H6O3.C6H15N.BH3/c2*8-6-4-2-1-3-5(6)7(9)10;1-4-7(5-2)6-3;/h2*1-4,8H,(H,9,10);4-6H2,1-3H3;1H3. The first kappa shape index (κ1) is 27.2. The highest BCUT2D eigenvalue weighted by Gasteiger charge is 2.06. The molecule has 0 aliphatic heterocycles. The molecule has 0 saturated carbocycles. The Hall–Kier alpha value is -3.00. The minimum atomic E-state index is -1.11. The molecule has 0 bridgehead atoms. The molecule has 0 spiro atoms. The van der Waals surface area contributed by atoms with E-state index in [2.05, 4.69) is 25.7 Å². The third kappa shape index (κ3) is 10.2. The molecule has 8 heteroatoms. The lowest BCUT2D eigenvalue weighted by Crippen LogP contribution is -2.21. The van der Waals surface area contributed by atoms with E-state index in [1.165, 1.54) is 43.9 Å². The highest BCUT2D eigenvalue weighted by molar-refractivity contribution is 5.91. The molecular formula is C20H30BNO6. The van der Waals surface area contributed by atoms with E-state index in [0.29, 0.717) is 0 Å². The van der Waals surface area contributed by atoms with Crippen LogP contribution in [0.4, 0.5) is 0 Å². The topological polar surface area (TPSA) is 118 Å². The summed E-state index contributed by atoms with van der Waals surface area (Å²) in [4.78, 5) is 22.9. The third-order valence-corrected chi connectivity index (χ3v) is 3.61. The van der Waals surface area contributed by atoms with Gasteiger partial charge in [-0.3, -0.25) is 0 Å². The maximum atomic E-state index is 10.3. The van der Waals surface area contributed by atoms with Gasteiger partial charge in [0.05, 0.1) is 8.41 Å². The van der Waals surface area contributed by atoms with Crippen LogP contribution in [-0.4, -0.2) is 65.3 Å². The smallest absolute Gasteiger partial charge is 0.339 e. The van der Waals surface area contributed by atoms with E-state index in [9.17, 15) is 9.59 Å². The van der Waals surface area contributed by atoms with E-state index < -0.39 is 11.9 Å². The highest BCUT2D eigenvalue weighted by atomic mass is 16.4. The number of aromatic carboxylic acids is 2. The first-order chi connectivity index (χ1) is 12.8. The molecule has 2 aromatic rings. The van der Waals surface area contributed by atoms with Crippen LogP contribution in [-0.2, 0) is 0 Å². The van der Waals surface area contributed by atoms with Crippen LogP contribution in [0.3, 0.4) is 0 Å². The van der Waals surface area contributed by atoms with Crippen molar-refractivity contribution in [3.8, 4) is 11.5 Å². The zero-order valence-corrected chi connectivity index (χ0v) is 15.8. The maximum absolute atomic E-state index is 10.3. The average molecular weight is 391 g/mol. The van der Waals surface area contributed by atoms with Gasteiger partial charge in [-0.15, -0.1) is 0 Å². The number of aromatic hydroxyl groups is 2. The zero-order valence-electron chi connectivity index (χ0n) is 15.8. The zero-order chi connectivity index (χ0) is 20.8. The molecule has 0 saturated heterocycles. The molecule has 28 heavy (non-hydrogen) atoms. The summed E-state index contributed by atoms with van der Waals surface area (Å²) >= 11 is 0. The van der Waals surface area contributed by atoms with Crippen LogP contribution in [0.2, 0.25) is 0 Å². The van der Waals surface area contributed by atoms with Gasteiger partial charge in [-0.05, 0) is 43.9 Å². The number of carbonyl (C=O) groups is 2. The summed E-state index contributed by atoms with van der Waals surface area (Å²) < 4.78 is 0. The molecule has 0 radical (unpaired) electrons. The molecule has 7 nitrogen and oxygen atoms in total. The van der Waals surface area contributed by atoms with Gasteiger partial charge in [-0.2, -0.15) is 0 Å². The molecule has 0 amide bonds. The fraction of sp³-hybridized carbons (Fsp3) is 0.300. The van der Waals surface area contributed by atoms with Crippen molar-refractivity contribution in [1.29, 1.82) is 0 Å². The Morgan fingerprint density at radius 1 is 0.714 bits per heavy atom. The highest BCUT2D eigenvalue weighted by Crippen LogP contribution is 2.15. The van der Waals surface area contributed by atoms with Crippen molar-refractivity contribution in [1.82, 2.24) is 4.90 Å². The number of carboxylic acids is 2. The summed E-state index contributed by atoms with van der Waals surface area (Å²) in [7, 11) is 0. The Morgan fingerprint density at radius 3 is 1.14 bits per heavy atom. The minimum Gasteiger partial charge on any atom is -0.507 e. The number of para-hydroxylation sites is 2. The van der Waals surface area contributed by atoms with Crippen molar-refractivity contribution < 1.29 is 30.0 Å². The van der Waals surface area contributed by atoms with Gasteiger partial charge in [0.15, 0.2) is 0 Å². The van der Waals surface area contributed by atoms with E-state index in [1.807, 2.05) is 0 Å². The predicted molar refractivity (Wildman–Crippen MR) is 114 cm³/mol. The molecule has 0 aliphatic carbocycles. The summed E-state index contributed by atoms with van der Waals surface area (Å²) in [5, 5.41) is 34.6. The first-order valence-electron chi connectivity index (χ1n) is 8.53. The average Bonchev–Trinajstić information content (AvgIpc) is 2.64. The summed E-state index contributed by atoms with van der Waals surface area (Å²) in [6.07, 6.45) is 0. The van der Waals surface area contributed by atoms with E-state index >= 15 is 0 Å². The summed E-state index contributed by atoms with van der Waals surface area (Å²) in [5.41, 5.74) is -0.134. The lowest BCUT2D eigenvalue weighted by Gasteiger charge is -2.13. The minimum absolute atomic E-state index is 0. The van der Waals surface area contributed by atoms with Crippen molar-refractivity contribution in [3.63, 3.8) is 0 Å². The molecule has 0 aliphatic rings. The number of hydrogen-bond acceptors (Lipinski definition) is 5. The molecule has 0 unspecified atom stereocenters. The number of carboxylic acid groups (broad SMARTS) is 2. The quantitative estimate of drug-likeness (QED) is 0.578. The van der Waals surface area contributed by atoms with Gasteiger partial charge in [-0.1, -0.05) is 45.0 Å². The SMILES string of the molecule is B.CCN(CC)CC.O=C(O)c1ccccc1O.O=C(O)c1ccccc1O. The van der Waals surface area contributed by atoms with Crippen LogP contribution < -0.4 is 0 Å². The van der Waals surface area contributed by atoms with Gasteiger partial charge in [-0.25, -0.2) is 9.59 Å². The van der Waals surface area contributed by atoms with Crippen molar-refractivity contribution in [2.24, 2.45) is 0 Å². The fourth-order valence-corrected chi connectivity index (χ4v) is 1.98. The second-order valence-corrected chi connectivity index (χ2v) is 5.26. The molecule has 0 fully saturated rings. The van der Waals surface area contributed by atoms with Crippen LogP contribution in [0.15, 0.2) is 48.5 Å². The number of hydrogen-bond donors (Lipinski definition) is 4. The van der Waals surface area contributed by atoms with E-state index in [1.54, 1.807) is 24.3 Å². The third-order valence-electron chi connectivity index (χ3n) is 3.61. The van der Waals surface area contributed by atoms with Gasteiger partial charge in [0, 0.05) is 0 Å². The molecule has 0 atom stereocenters. The Labute approximate surface area is 167 Å². The Kier molecular flexibility index (Phi) is 14.7. The molecule has 0 aromatic heterocycles. The summed E-state index contributed by atoms with van der Waals surface area (Å²) in [6, 6.07) is 11.6. The van der Waals surface area contributed by atoms with Gasteiger partial charge in [0.25, 0.3) is 0 Å². The van der Waals surface area contributed by atoms with Crippen molar-refractivity contribution in [3.05, 3.63) is 59.7 Å². The summed E-state index contributed by atoms with van der Waals surface area (Å²) in [6.45, 7) is 10.1. The van der Waals surface area contributed by atoms with Gasteiger partial charge < -0.3 is 25.3 Å². The van der Waals surface area contributed by atoms with Crippen LogP contribution in [0.1, 0.15) is 41.5 Å². The summed E-state index contributed by atoms with van der Waals surface area (Å²) in [5.74, 6) is -2.62. The lowest BCUT2D eigenvalue weighted by molar-refractivity contribution is 0.0682. The first-order valence-corrected chi connectivity index (χ1v) is 8.53. The van der Waals surface area contributed by atoms with Crippen LogP contribution in [0.25, 0.3) is 0 Å². The normalized spacial score (nSPS) is 9.14. The maximum Gasteiger partial charge on any atom is 0.339 e. The van der Waals surface area contributed by atoms with Crippen LogP contribution in [0, 0.1) is 0 Å².